The Bertz CT molecular complexity index is 994. The van der Waals surface area contributed by atoms with Crippen LogP contribution in [0.1, 0.15) is 30.1 Å². The van der Waals surface area contributed by atoms with Crippen molar-refractivity contribution < 1.29 is 19.5 Å². The van der Waals surface area contributed by atoms with Gasteiger partial charge in [0.2, 0.25) is 11.8 Å². The Morgan fingerprint density at radius 3 is 2.46 bits per heavy atom. The van der Waals surface area contributed by atoms with Crippen LogP contribution in [0.2, 0.25) is 0 Å². The van der Waals surface area contributed by atoms with Gasteiger partial charge in [-0.1, -0.05) is 23.8 Å². The van der Waals surface area contributed by atoms with Gasteiger partial charge in [0.1, 0.15) is 5.75 Å². The average Bonchev–Trinajstić information content (AvgIpc) is 2.93. The zero-order chi connectivity index (χ0) is 19.8. The molecular formula is C22H20N2O4. The SMILES string of the molecule is CC1=CC[C@@H]2C(=O)N(c3ccccc3C(=O)Nc3ccc(O)cc3)C(=O)[C@@H]2C1. The predicted octanol–water partition coefficient (Wildman–Crippen LogP) is 3.49. The fraction of sp³-hybridized carbons (Fsp3) is 0.227. The Morgan fingerprint density at radius 1 is 1.04 bits per heavy atom. The molecular weight excluding hydrogens is 356 g/mol. The van der Waals surface area contributed by atoms with Crippen molar-refractivity contribution in [2.45, 2.75) is 19.8 Å². The fourth-order valence-electron chi connectivity index (χ4n) is 3.88. The summed E-state index contributed by atoms with van der Waals surface area (Å²) in [7, 11) is 0. The molecule has 1 fully saturated rings. The molecule has 6 heteroatoms. The monoisotopic (exact) mass is 376 g/mol. The predicted molar refractivity (Wildman–Crippen MR) is 105 cm³/mol. The summed E-state index contributed by atoms with van der Waals surface area (Å²) in [6.45, 7) is 1.97. The van der Waals surface area contributed by atoms with Crippen molar-refractivity contribution >= 4 is 29.1 Å². The zero-order valence-corrected chi connectivity index (χ0v) is 15.4. The molecule has 0 spiro atoms. The van der Waals surface area contributed by atoms with Crippen molar-refractivity contribution in [2.75, 3.05) is 10.2 Å². The van der Waals surface area contributed by atoms with Gasteiger partial charge in [-0.25, -0.2) is 4.90 Å². The zero-order valence-electron chi connectivity index (χ0n) is 15.4. The molecule has 2 aliphatic rings. The highest BCUT2D eigenvalue weighted by Gasteiger charge is 2.49. The number of rotatable bonds is 3. The summed E-state index contributed by atoms with van der Waals surface area (Å²) in [6.07, 6.45) is 3.15. The van der Waals surface area contributed by atoms with Crippen molar-refractivity contribution in [1.82, 2.24) is 0 Å². The summed E-state index contributed by atoms with van der Waals surface area (Å²) < 4.78 is 0. The third kappa shape index (κ3) is 3.07. The van der Waals surface area contributed by atoms with Gasteiger partial charge in [0, 0.05) is 5.69 Å². The minimum atomic E-state index is -0.425. The topological polar surface area (TPSA) is 86.7 Å². The Labute approximate surface area is 162 Å². The lowest BCUT2D eigenvalue weighted by Crippen LogP contribution is -2.33. The molecule has 0 bridgehead atoms. The van der Waals surface area contributed by atoms with E-state index < -0.39 is 5.91 Å². The number of imide groups is 1. The van der Waals surface area contributed by atoms with E-state index in [4.69, 9.17) is 0 Å². The molecule has 2 atom stereocenters. The standard InChI is InChI=1S/C22H20N2O4/c1-13-6-11-16-18(12-13)22(28)24(21(16)27)19-5-3-2-4-17(19)20(26)23-14-7-9-15(25)10-8-14/h2-10,16,18,25H,11-12H2,1H3,(H,23,26)/t16-,18+/m0/s1. The first-order valence-corrected chi connectivity index (χ1v) is 9.18. The minimum Gasteiger partial charge on any atom is -0.508 e. The Hall–Kier alpha value is -3.41. The lowest BCUT2D eigenvalue weighted by molar-refractivity contribution is -0.122. The van der Waals surface area contributed by atoms with Gasteiger partial charge in [-0.3, -0.25) is 14.4 Å². The molecule has 6 nitrogen and oxygen atoms in total. The van der Waals surface area contributed by atoms with Gasteiger partial charge in [-0.05, 0) is 56.2 Å². The number of allylic oxidation sites excluding steroid dienone is 2. The largest absolute Gasteiger partial charge is 0.508 e. The molecule has 0 aromatic heterocycles. The first-order chi connectivity index (χ1) is 13.5. The van der Waals surface area contributed by atoms with Gasteiger partial charge in [0.05, 0.1) is 23.1 Å². The molecule has 0 unspecified atom stereocenters. The summed E-state index contributed by atoms with van der Waals surface area (Å²) >= 11 is 0. The van der Waals surface area contributed by atoms with Gasteiger partial charge in [-0.2, -0.15) is 0 Å². The number of anilines is 2. The van der Waals surface area contributed by atoms with Crippen LogP contribution in [-0.4, -0.2) is 22.8 Å². The van der Waals surface area contributed by atoms with Crippen molar-refractivity contribution in [3.63, 3.8) is 0 Å². The number of aromatic hydroxyl groups is 1. The third-order valence-corrected chi connectivity index (χ3v) is 5.34. The maximum atomic E-state index is 13.0. The number of hydrogen-bond donors (Lipinski definition) is 2. The maximum absolute atomic E-state index is 13.0. The molecule has 1 aliphatic heterocycles. The van der Waals surface area contributed by atoms with Gasteiger partial charge >= 0.3 is 0 Å². The van der Waals surface area contributed by atoms with Crippen LogP contribution in [0.4, 0.5) is 11.4 Å². The van der Waals surface area contributed by atoms with Crippen molar-refractivity contribution in [3.05, 3.63) is 65.7 Å². The molecule has 2 N–H and O–H groups in total. The van der Waals surface area contributed by atoms with E-state index in [1.165, 1.54) is 17.0 Å². The minimum absolute atomic E-state index is 0.0955. The van der Waals surface area contributed by atoms with E-state index in [9.17, 15) is 19.5 Å². The molecule has 2 aromatic carbocycles. The number of carbonyl (C=O) groups excluding carboxylic acids is 3. The lowest BCUT2D eigenvalue weighted by atomic mass is 9.82. The van der Waals surface area contributed by atoms with Crippen LogP contribution in [0.25, 0.3) is 0 Å². The van der Waals surface area contributed by atoms with E-state index in [1.807, 2.05) is 13.0 Å². The second kappa shape index (κ2) is 6.96. The highest BCUT2D eigenvalue weighted by molar-refractivity contribution is 6.25. The van der Waals surface area contributed by atoms with E-state index in [0.717, 1.165) is 5.57 Å². The number of para-hydroxylation sites is 1. The Kier molecular flexibility index (Phi) is 4.47. The number of nitrogens with one attached hydrogen (secondary N) is 1. The summed E-state index contributed by atoms with van der Waals surface area (Å²) in [5, 5.41) is 12.1. The normalized spacial score (nSPS) is 21.3. The molecule has 1 aliphatic carbocycles. The van der Waals surface area contributed by atoms with Crippen LogP contribution >= 0.6 is 0 Å². The number of phenolic OH excluding ortho intramolecular Hbond substituents is 1. The molecule has 4 rings (SSSR count). The molecule has 28 heavy (non-hydrogen) atoms. The van der Waals surface area contributed by atoms with Gasteiger partial charge in [0.15, 0.2) is 0 Å². The number of carbonyl (C=O) groups is 3. The maximum Gasteiger partial charge on any atom is 0.257 e. The highest BCUT2D eigenvalue weighted by Crippen LogP contribution is 2.40. The summed E-state index contributed by atoms with van der Waals surface area (Å²) in [4.78, 5) is 39.9. The molecule has 3 amide bonds. The third-order valence-electron chi connectivity index (χ3n) is 5.34. The van der Waals surface area contributed by atoms with Gasteiger partial charge in [-0.15, -0.1) is 0 Å². The number of fused-ring (bicyclic) bond motifs is 1. The molecule has 142 valence electrons. The van der Waals surface area contributed by atoms with Crippen LogP contribution in [0, 0.1) is 11.8 Å². The number of hydrogen-bond acceptors (Lipinski definition) is 4. The fourth-order valence-corrected chi connectivity index (χ4v) is 3.88. The van der Waals surface area contributed by atoms with E-state index in [-0.39, 0.29) is 35.0 Å². The van der Waals surface area contributed by atoms with Crippen LogP contribution < -0.4 is 10.2 Å². The van der Waals surface area contributed by atoms with E-state index in [1.54, 1.807) is 36.4 Å². The van der Waals surface area contributed by atoms with Crippen LogP contribution in [0.3, 0.4) is 0 Å². The van der Waals surface area contributed by atoms with E-state index >= 15 is 0 Å². The highest BCUT2D eigenvalue weighted by atomic mass is 16.3. The van der Waals surface area contributed by atoms with Crippen LogP contribution in [-0.2, 0) is 9.59 Å². The summed E-state index contributed by atoms with van der Waals surface area (Å²) in [5.74, 6) is -1.53. The number of phenols is 1. The molecule has 1 heterocycles. The molecule has 0 radical (unpaired) electrons. The van der Waals surface area contributed by atoms with Crippen molar-refractivity contribution in [1.29, 1.82) is 0 Å². The number of benzene rings is 2. The van der Waals surface area contributed by atoms with Gasteiger partial charge in [0.25, 0.3) is 5.91 Å². The first kappa shape index (κ1) is 18.0. The average molecular weight is 376 g/mol. The Morgan fingerprint density at radius 2 is 1.71 bits per heavy atom. The molecule has 0 saturated carbocycles. The number of nitrogens with zero attached hydrogens (tertiary/aromatic N) is 1. The van der Waals surface area contributed by atoms with Crippen molar-refractivity contribution in [3.8, 4) is 5.75 Å². The molecule has 2 aromatic rings. The Balaban J connectivity index is 1.65. The second-order valence-electron chi connectivity index (χ2n) is 7.23. The first-order valence-electron chi connectivity index (χ1n) is 9.18. The van der Waals surface area contributed by atoms with Gasteiger partial charge < -0.3 is 10.4 Å². The van der Waals surface area contributed by atoms with Crippen molar-refractivity contribution in [2.24, 2.45) is 11.8 Å². The number of amides is 3. The summed E-state index contributed by atoms with van der Waals surface area (Å²) in [5.41, 5.74) is 2.18. The lowest BCUT2D eigenvalue weighted by Gasteiger charge is -2.19. The molecule has 1 saturated heterocycles. The van der Waals surface area contributed by atoms with Crippen LogP contribution in [0.5, 0.6) is 5.75 Å². The van der Waals surface area contributed by atoms with E-state index in [0.29, 0.717) is 24.2 Å². The summed E-state index contributed by atoms with van der Waals surface area (Å²) in [6, 6.07) is 12.7. The quantitative estimate of drug-likeness (QED) is 0.488. The van der Waals surface area contributed by atoms with E-state index in [2.05, 4.69) is 5.32 Å². The van der Waals surface area contributed by atoms with Crippen LogP contribution in [0.15, 0.2) is 60.2 Å². The smallest absolute Gasteiger partial charge is 0.257 e. The second-order valence-corrected chi connectivity index (χ2v) is 7.23.